The molecule has 3 rings (SSSR count). The normalized spacial score (nSPS) is 16.4. The van der Waals surface area contributed by atoms with Crippen LogP contribution in [0.15, 0.2) is 24.3 Å². The predicted octanol–water partition coefficient (Wildman–Crippen LogP) is 4.32. The molecule has 0 bridgehead atoms. The van der Waals surface area contributed by atoms with E-state index in [1.54, 1.807) is 0 Å². The zero-order valence-electron chi connectivity index (χ0n) is 12.1. The van der Waals surface area contributed by atoms with Gasteiger partial charge in [-0.25, -0.2) is 4.39 Å². The minimum Gasteiger partial charge on any atom is -0.488 e. The predicted molar refractivity (Wildman–Crippen MR) is 88.4 cm³/mol. The van der Waals surface area contributed by atoms with Gasteiger partial charge in [0.2, 0.25) is 0 Å². The third kappa shape index (κ3) is 3.00. The topological polar surface area (TPSA) is 59.0 Å². The molecular formula is C17H13Cl2FN2O. The van der Waals surface area contributed by atoms with Gasteiger partial charge < -0.3 is 10.5 Å². The minimum atomic E-state index is -0.384. The van der Waals surface area contributed by atoms with Crippen molar-refractivity contribution in [2.45, 2.75) is 18.9 Å². The number of rotatable bonds is 2. The molecule has 0 radical (unpaired) electrons. The summed E-state index contributed by atoms with van der Waals surface area (Å²) >= 11 is 12.5. The molecule has 1 heterocycles. The monoisotopic (exact) mass is 350 g/mol. The van der Waals surface area contributed by atoms with Crippen LogP contribution < -0.4 is 10.5 Å². The van der Waals surface area contributed by atoms with E-state index in [1.165, 1.54) is 24.3 Å². The molecule has 2 aromatic carbocycles. The third-order valence-corrected chi connectivity index (χ3v) is 4.45. The number of nitrogens with two attached hydrogens (primary N) is 1. The molecule has 2 N–H and O–H groups in total. The largest absolute Gasteiger partial charge is 0.488 e. The van der Waals surface area contributed by atoms with Crippen molar-refractivity contribution in [1.82, 2.24) is 0 Å². The zero-order valence-corrected chi connectivity index (χ0v) is 13.6. The van der Waals surface area contributed by atoms with Gasteiger partial charge in [-0.3, -0.25) is 0 Å². The van der Waals surface area contributed by atoms with Crippen LogP contribution in [0.4, 0.5) is 4.39 Å². The molecule has 118 valence electrons. The smallest absolute Gasteiger partial charge is 0.131 e. The lowest BCUT2D eigenvalue weighted by atomic mass is 9.94. The van der Waals surface area contributed by atoms with Gasteiger partial charge in [-0.1, -0.05) is 23.2 Å². The van der Waals surface area contributed by atoms with Crippen LogP contribution >= 0.6 is 23.2 Å². The standard InChI is InChI=1S/C17H13Cl2FN2O/c18-14-3-9(7-21)4-15(19)16(14)13-6-11(20)5-10-1-2-12(8-22)23-17(10)13/h3-6,12H,1-2,8,22H2/t12-/m1/s1. The second-order valence-electron chi connectivity index (χ2n) is 5.38. The van der Waals surface area contributed by atoms with Crippen LogP contribution in [0.5, 0.6) is 5.75 Å². The number of hydrogen-bond donors (Lipinski definition) is 1. The molecule has 0 spiro atoms. The lowest BCUT2D eigenvalue weighted by molar-refractivity contribution is 0.182. The fraction of sp³-hybridized carbons (Fsp3) is 0.235. The Bertz CT molecular complexity index is 794. The number of halogens is 3. The van der Waals surface area contributed by atoms with Gasteiger partial charge in [-0.05, 0) is 42.7 Å². The van der Waals surface area contributed by atoms with Gasteiger partial charge in [-0.2, -0.15) is 5.26 Å². The molecule has 1 aliphatic rings. The number of aryl methyl sites for hydroxylation is 1. The number of nitriles is 1. The first kappa shape index (κ1) is 16.1. The molecule has 6 heteroatoms. The highest BCUT2D eigenvalue weighted by Crippen LogP contribution is 2.44. The molecule has 0 saturated heterocycles. The summed E-state index contributed by atoms with van der Waals surface area (Å²) in [6.07, 6.45) is 1.29. The average Bonchev–Trinajstić information content (AvgIpc) is 2.53. The summed E-state index contributed by atoms with van der Waals surface area (Å²) < 4.78 is 19.9. The molecule has 0 unspecified atom stereocenters. The van der Waals surface area contributed by atoms with E-state index in [2.05, 4.69) is 0 Å². The third-order valence-electron chi connectivity index (χ3n) is 3.85. The maximum absolute atomic E-state index is 14.0. The van der Waals surface area contributed by atoms with Crippen LogP contribution in [-0.2, 0) is 6.42 Å². The van der Waals surface area contributed by atoms with Crippen molar-refractivity contribution >= 4 is 23.2 Å². The van der Waals surface area contributed by atoms with Gasteiger partial charge in [0.25, 0.3) is 0 Å². The molecule has 0 aliphatic carbocycles. The molecule has 23 heavy (non-hydrogen) atoms. The quantitative estimate of drug-likeness (QED) is 0.876. The van der Waals surface area contributed by atoms with Crippen LogP contribution in [-0.4, -0.2) is 12.6 Å². The lowest BCUT2D eigenvalue weighted by Gasteiger charge is -2.27. The van der Waals surface area contributed by atoms with Gasteiger partial charge in [0.05, 0.1) is 21.7 Å². The van der Waals surface area contributed by atoms with Crippen molar-refractivity contribution in [2.24, 2.45) is 5.73 Å². The van der Waals surface area contributed by atoms with E-state index in [9.17, 15) is 4.39 Å². The summed E-state index contributed by atoms with van der Waals surface area (Å²) in [4.78, 5) is 0. The molecular weight excluding hydrogens is 338 g/mol. The Hall–Kier alpha value is -1.80. The van der Waals surface area contributed by atoms with Gasteiger partial charge in [0.15, 0.2) is 0 Å². The highest BCUT2D eigenvalue weighted by atomic mass is 35.5. The summed E-state index contributed by atoms with van der Waals surface area (Å²) in [5.74, 6) is 0.173. The first-order valence-corrected chi connectivity index (χ1v) is 7.87. The Balaban J connectivity index is 2.22. The summed E-state index contributed by atoms with van der Waals surface area (Å²) in [5, 5.41) is 9.54. The fourth-order valence-corrected chi connectivity index (χ4v) is 3.45. The molecule has 2 aromatic rings. The maximum Gasteiger partial charge on any atom is 0.131 e. The van der Waals surface area contributed by atoms with E-state index in [1.807, 2.05) is 6.07 Å². The fourth-order valence-electron chi connectivity index (χ4n) is 2.76. The summed E-state index contributed by atoms with van der Waals surface area (Å²) in [6, 6.07) is 7.79. The summed E-state index contributed by atoms with van der Waals surface area (Å²) in [5.41, 5.74) is 7.74. The van der Waals surface area contributed by atoms with Crippen LogP contribution in [0.1, 0.15) is 17.5 Å². The first-order valence-electron chi connectivity index (χ1n) is 7.12. The van der Waals surface area contributed by atoms with E-state index in [4.69, 9.17) is 38.9 Å². The summed E-state index contributed by atoms with van der Waals surface area (Å²) in [6.45, 7) is 0.380. The van der Waals surface area contributed by atoms with E-state index >= 15 is 0 Å². The SMILES string of the molecule is N#Cc1cc(Cl)c(-c2cc(F)cc3c2O[C@@H](CN)CC3)c(Cl)c1. The highest BCUT2D eigenvalue weighted by Gasteiger charge is 2.25. The van der Waals surface area contributed by atoms with Crippen molar-refractivity contribution in [3.63, 3.8) is 0 Å². The molecule has 0 saturated carbocycles. The number of benzene rings is 2. The molecule has 1 atom stereocenters. The second kappa shape index (κ2) is 6.37. The van der Waals surface area contributed by atoms with Gasteiger partial charge in [-0.15, -0.1) is 0 Å². The molecule has 0 amide bonds. The number of ether oxygens (including phenoxy) is 1. The number of fused-ring (bicyclic) bond motifs is 1. The Kier molecular flexibility index (Phi) is 4.45. The van der Waals surface area contributed by atoms with E-state index in [0.29, 0.717) is 35.4 Å². The lowest BCUT2D eigenvalue weighted by Crippen LogP contribution is -2.30. The van der Waals surface area contributed by atoms with Crippen LogP contribution in [0.2, 0.25) is 10.0 Å². The van der Waals surface area contributed by atoms with Crippen LogP contribution in [0.3, 0.4) is 0 Å². The zero-order chi connectivity index (χ0) is 16.6. The number of nitrogens with zero attached hydrogens (tertiary/aromatic N) is 1. The van der Waals surface area contributed by atoms with Gasteiger partial charge in [0, 0.05) is 17.7 Å². The summed E-state index contributed by atoms with van der Waals surface area (Å²) in [7, 11) is 0. The van der Waals surface area contributed by atoms with Crippen LogP contribution in [0, 0.1) is 17.1 Å². The Morgan fingerprint density at radius 1 is 1.26 bits per heavy atom. The van der Waals surface area contributed by atoms with E-state index < -0.39 is 0 Å². The van der Waals surface area contributed by atoms with E-state index in [-0.39, 0.29) is 22.0 Å². The Morgan fingerprint density at radius 3 is 2.57 bits per heavy atom. The Morgan fingerprint density at radius 2 is 1.96 bits per heavy atom. The Labute approximate surface area is 143 Å². The molecule has 0 aromatic heterocycles. The van der Waals surface area contributed by atoms with Crippen LogP contribution in [0.25, 0.3) is 11.1 Å². The molecule has 1 aliphatic heterocycles. The molecule has 0 fully saturated rings. The van der Waals surface area contributed by atoms with Crippen molar-refractivity contribution < 1.29 is 9.13 Å². The average molecular weight is 351 g/mol. The number of hydrogen-bond acceptors (Lipinski definition) is 3. The maximum atomic E-state index is 14.0. The minimum absolute atomic E-state index is 0.123. The second-order valence-corrected chi connectivity index (χ2v) is 6.20. The van der Waals surface area contributed by atoms with Gasteiger partial charge in [0.1, 0.15) is 17.7 Å². The van der Waals surface area contributed by atoms with Gasteiger partial charge >= 0.3 is 0 Å². The van der Waals surface area contributed by atoms with E-state index in [0.717, 1.165) is 12.0 Å². The van der Waals surface area contributed by atoms with Crippen molar-refractivity contribution in [2.75, 3.05) is 6.54 Å². The van der Waals surface area contributed by atoms with Crippen molar-refractivity contribution in [1.29, 1.82) is 5.26 Å². The first-order chi connectivity index (χ1) is 11.0. The highest BCUT2D eigenvalue weighted by molar-refractivity contribution is 6.39. The van der Waals surface area contributed by atoms with Crippen molar-refractivity contribution in [3.8, 4) is 22.9 Å². The van der Waals surface area contributed by atoms with Crippen molar-refractivity contribution in [3.05, 3.63) is 51.3 Å². The molecule has 3 nitrogen and oxygen atoms in total.